The average Bonchev–Trinajstić information content (AvgIpc) is 3.00. The SMILES string of the molecule is CC(C)(C)OC(=O)CC[C@H](NP(=O)(OCCC[C@H](NC(=O)CC[C@H](NC(=O)CCCCCN)C(=O)OC(C)(C)C)C(=O)OC(C)(C)C)OC(C)(C)C)C(=O)OC(C)(C)C. The number of hydrogen-bond donors (Lipinski definition) is 4. The summed E-state index contributed by atoms with van der Waals surface area (Å²) in [5.74, 6) is -3.76. The number of rotatable bonds is 24. The second kappa shape index (κ2) is 24.4. The Morgan fingerprint density at radius 1 is 0.508 bits per heavy atom. The van der Waals surface area contributed by atoms with E-state index in [-0.39, 0.29) is 57.5 Å². The lowest BCUT2D eigenvalue weighted by Crippen LogP contribution is -2.46. The van der Waals surface area contributed by atoms with Gasteiger partial charge in [0.2, 0.25) is 11.8 Å². The van der Waals surface area contributed by atoms with Crippen molar-refractivity contribution < 1.29 is 61.3 Å². The number of carbonyl (C=O) groups is 6. The minimum absolute atomic E-state index is 0.0284. The van der Waals surface area contributed by atoms with Crippen molar-refractivity contribution in [2.45, 2.75) is 214 Å². The minimum atomic E-state index is -4.32. The molecule has 0 rings (SSSR count). The van der Waals surface area contributed by atoms with Crippen LogP contribution < -0.4 is 21.5 Å². The summed E-state index contributed by atoms with van der Waals surface area (Å²) in [5.41, 5.74) is 1.09. The first-order valence-electron chi connectivity index (χ1n) is 20.5. The summed E-state index contributed by atoms with van der Waals surface area (Å²) >= 11 is 0. The van der Waals surface area contributed by atoms with Gasteiger partial charge >= 0.3 is 31.6 Å². The number of esters is 4. The number of ether oxygens (including phenoxy) is 4. The first kappa shape index (κ1) is 55.9. The molecule has 0 spiro atoms. The van der Waals surface area contributed by atoms with Crippen LogP contribution in [0.2, 0.25) is 0 Å². The molecule has 2 amide bonds. The zero-order valence-corrected chi connectivity index (χ0v) is 39.4. The van der Waals surface area contributed by atoms with Gasteiger partial charge in [-0.05, 0) is 149 Å². The summed E-state index contributed by atoms with van der Waals surface area (Å²) in [5, 5.41) is 8.02. The van der Waals surface area contributed by atoms with Crippen molar-refractivity contribution in [2.24, 2.45) is 5.73 Å². The Morgan fingerprint density at radius 3 is 1.37 bits per heavy atom. The Bertz CT molecular complexity index is 1420. The molecule has 5 N–H and O–H groups in total. The highest BCUT2D eigenvalue weighted by molar-refractivity contribution is 7.51. The van der Waals surface area contributed by atoms with Gasteiger partial charge in [-0.2, -0.15) is 0 Å². The highest BCUT2D eigenvalue weighted by Gasteiger charge is 2.38. The molecule has 0 aromatic rings. The van der Waals surface area contributed by atoms with Gasteiger partial charge in [0.25, 0.3) is 0 Å². The summed E-state index contributed by atoms with van der Waals surface area (Å²) in [4.78, 5) is 78.2. The first-order chi connectivity index (χ1) is 26.6. The van der Waals surface area contributed by atoms with E-state index in [0.717, 1.165) is 12.8 Å². The summed E-state index contributed by atoms with van der Waals surface area (Å²) in [6.07, 6.45) is 1.58. The van der Waals surface area contributed by atoms with Crippen LogP contribution in [0.25, 0.3) is 0 Å². The van der Waals surface area contributed by atoms with Gasteiger partial charge in [-0.25, -0.2) is 19.2 Å². The van der Waals surface area contributed by atoms with Crippen molar-refractivity contribution >= 4 is 43.4 Å². The Balaban J connectivity index is 6.09. The van der Waals surface area contributed by atoms with Crippen LogP contribution in [0.4, 0.5) is 0 Å². The van der Waals surface area contributed by atoms with E-state index < -0.39 is 83.7 Å². The minimum Gasteiger partial charge on any atom is -0.460 e. The Kier molecular flexibility index (Phi) is 23.1. The van der Waals surface area contributed by atoms with Gasteiger partial charge < -0.3 is 35.3 Å². The normalized spacial score (nSPS) is 15.2. The standard InChI is InChI=1S/C41H77N4O13P/c1-37(2,3)54-33(48)25-23-30(36(51)57-40(10,11)12)45-59(52,58-41(13,14)15)53-27-19-20-28(34(49)55-38(4,5)6)43-32(47)24-22-29(35(50)56-39(7,8)9)44-31(46)21-17-16-18-26-42/h28-30H,16-27,42H2,1-15H3,(H,43,47)(H,44,46)(H,45,52)/t28-,29-,30-,59?/m0/s1. The number of unbranched alkanes of at least 4 members (excludes halogenated alkanes) is 2. The fraction of sp³-hybridized carbons (Fsp3) is 0.854. The van der Waals surface area contributed by atoms with Crippen molar-refractivity contribution in [2.75, 3.05) is 13.2 Å². The van der Waals surface area contributed by atoms with E-state index in [0.29, 0.717) is 13.0 Å². The molecule has 1 unspecified atom stereocenters. The van der Waals surface area contributed by atoms with Crippen LogP contribution in [0, 0.1) is 0 Å². The molecule has 0 aliphatic heterocycles. The zero-order valence-electron chi connectivity index (χ0n) is 38.5. The lowest BCUT2D eigenvalue weighted by Gasteiger charge is -2.31. The maximum absolute atomic E-state index is 14.3. The largest absolute Gasteiger partial charge is 0.460 e. The fourth-order valence-corrected chi connectivity index (χ4v) is 6.92. The molecule has 17 nitrogen and oxygen atoms in total. The van der Waals surface area contributed by atoms with E-state index in [9.17, 15) is 33.3 Å². The third kappa shape index (κ3) is 29.7. The number of nitrogens with two attached hydrogens (primary N) is 1. The Labute approximate surface area is 352 Å². The van der Waals surface area contributed by atoms with Crippen molar-refractivity contribution in [3.8, 4) is 0 Å². The molecule has 0 aliphatic rings. The maximum atomic E-state index is 14.3. The number of nitrogens with one attached hydrogen (secondary N) is 3. The Morgan fingerprint density at radius 2 is 0.932 bits per heavy atom. The molecular formula is C41H77N4O13P. The van der Waals surface area contributed by atoms with Crippen LogP contribution in [-0.2, 0) is 61.3 Å². The second-order valence-corrected chi connectivity index (χ2v) is 21.2. The number of carbonyl (C=O) groups excluding carboxylic acids is 6. The van der Waals surface area contributed by atoms with Crippen LogP contribution in [0.15, 0.2) is 0 Å². The molecule has 18 heteroatoms. The van der Waals surface area contributed by atoms with E-state index in [1.54, 1.807) is 104 Å². The van der Waals surface area contributed by atoms with E-state index in [2.05, 4.69) is 15.7 Å². The summed E-state index contributed by atoms with van der Waals surface area (Å²) < 4.78 is 47.9. The quantitative estimate of drug-likeness (QED) is 0.0372. The first-order valence-corrected chi connectivity index (χ1v) is 22.1. The number of hydrogen-bond acceptors (Lipinski definition) is 14. The molecule has 4 atom stereocenters. The highest BCUT2D eigenvalue weighted by Crippen LogP contribution is 2.48. The smallest absolute Gasteiger partial charge is 0.406 e. The van der Waals surface area contributed by atoms with E-state index >= 15 is 0 Å². The third-order valence-corrected chi connectivity index (χ3v) is 9.11. The van der Waals surface area contributed by atoms with Gasteiger partial charge in [-0.3, -0.25) is 28.2 Å². The molecule has 0 bridgehead atoms. The van der Waals surface area contributed by atoms with Crippen molar-refractivity contribution in [1.82, 2.24) is 15.7 Å². The molecular weight excluding hydrogens is 787 g/mol. The van der Waals surface area contributed by atoms with Gasteiger partial charge in [0, 0.05) is 19.3 Å². The van der Waals surface area contributed by atoms with Gasteiger partial charge in [0.15, 0.2) is 0 Å². The van der Waals surface area contributed by atoms with Crippen molar-refractivity contribution in [3.05, 3.63) is 0 Å². The van der Waals surface area contributed by atoms with Crippen molar-refractivity contribution in [1.29, 1.82) is 0 Å². The molecule has 0 heterocycles. The summed E-state index contributed by atoms with van der Waals surface area (Å²) in [6.45, 7) is 25.4. The van der Waals surface area contributed by atoms with Crippen LogP contribution in [0.5, 0.6) is 0 Å². The van der Waals surface area contributed by atoms with Crippen LogP contribution in [-0.4, -0.2) is 95.0 Å². The van der Waals surface area contributed by atoms with E-state index in [1.807, 2.05) is 0 Å². The Hall–Kier alpha value is -3.11. The van der Waals surface area contributed by atoms with Crippen LogP contribution >= 0.6 is 7.75 Å². The monoisotopic (exact) mass is 865 g/mol. The van der Waals surface area contributed by atoms with Gasteiger partial charge in [0.1, 0.15) is 40.5 Å². The molecule has 0 aliphatic carbocycles. The average molecular weight is 865 g/mol. The predicted octanol–water partition coefficient (Wildman–Crippen LogP) is 6.08. The fourth-order valence-electron chi connectivity index (χ4n) is 5.04. The van der Waals surface area contributed by atoms with Crippen LogP contribution in [0.3, 0.4) is 0 Å². The van der Waals surface area contributed by atoms with E-state index in [1.165, 1.54) is 0 Å². The van der Waals surface area contributed by atoms with Crippen molar-refractivity contribution in [3.63, 3.8) is 0 Å². The second-order valence-electron chi connectivity index (χ2n) is 19.5. The molecule has 0 aromatic carbocycles. The molecule has 0 saturated carbocycles. The molecule has 0 saturated heterocycles. The number of amides is 2. The van der Waals surface area contributed by atoms with Gasteiger partial charge in [-0.1, -0.05) is 6.42 Å². The summed E-state index contributed by atoms with van der Waals surface area (Å²) in [7, 11) is -4.32. The van der Waals surface area contributed by atoms with Gasteiger partial charge in [0.05, 0.1) is 12.2 Å². The molecule has 0 fully saturated rings. The van der Waals surface area contributed by atoms with Gasteiger partial charge in [-0.15, -0.1) is 0 Å². The molecule has 344 valence electrons. The highest BCUT2D eigenvalue weighted by atomic mass is 31.2. The lowest BCUT2D eigenvalue weighted by atomic mass is 10.1. The molecule has 0 aromatic heterocycles. The predicted molar refractivity (Wildman–Crippen MR) is 224 cm³/mol. The topological polar surface area (TPSA) is 237 Å². The molecule has 0 radical (unpaired) electrons. The summed E-state index contributed by atoms with van der Waals surface area (Å²) in [6, 6.07) is -3.59. The molecule has 59 heavy (non-hydrogen) atoms. The maximum Gasteiger partial charge on any atom is 0.406 e. The zero-order chi connectivity index (χ0) is 46.0. The van der Waals surface area contributed by atoms with E-state index in [4.69, 9.17) is 33.7 Å². The lowest BCUT2D eigenvalue weighted by molar-refractivity contribution is -0.160. The third-order valence-electron chi connectivity index (χ3n) is 7.18. The van der Waals surface area contributed by atoms with Crippen LogP contribution in [0.1, 0.15) is 168 Å².